The van der Waals surface area contributed by atoms with E-state index in [1.54, 1.807) is 6.07 Å². The number of fused-ring (bicyclic) bond motifs is 1. The average molecular weight is 298 g/mol. The van der Waals surface area contributed by atoms with Crippen molar-refractivity contribution in [2.75, 3.05) is 39.8 Å². The summed E-state index contributed by atoms with van der Waals surface area (Å²) in [5.74, 6) is 1.50. The monoisotopic (exact) mass is 298 g/mol. The fourth-order valence-electron chi connectivity index (χ4n) is 1.81. The minimum Gasteiger partial charge on any atom is -0.504 e. The van der Waals surface area contributed by atoms with Crippen molar-refractivity contribution in [3.05, 3.63) is 12.1 Å². The van der Waals surface area contributed by atoms with Gasteiger partial charge in [-0.2, -0.15) is 0 Å². The van der Waals surface area contributed by atoms with Gasteiger partial charge in [0.15, 0.2) is 23.0 Å². The van der Waals surface area contributed by atoms with Crippen LogP contribution in [0.4, 0.5) is 0 Å². The van der Waals surface area contributed by atoms with Crippen molar-refractivity contribution in [2.45, 2.75) is 19.8 Å². The normalized spacial score (nSPS) is 12.6. The average Bonchev–Trinajstić information content (AvgIpc) is 2.92. The highest BCUT2D eigenvalue weighted by molar-refractivity contribution is 5.54. The zero-order valence-corrected chi connectivity index (χ0v) is 12.3. The van der Waals surface area contributed by atoms with Crippen LogP contribution in [0, 0.1) is 0 Å². The van der Waals surface area contributed by atoms with Crippen LogP contribution in [0.3, 0.4) is 0 Å². The van der Waals surface area contributed by atoms with E-state index in [0.29, 0.717) is 43.7 Å². The summed E-state index contributed by atoms with van der Waals surface area (Å²) in [7, 11) is 0. The van der Waals surface area contributed by atoms with E-state index in [1.165, 1.54) is 6.07 Å². The molecule has 1 aliphatic rings. The molecule has 1 N–H and O–H groups in total. The van der Waals surface area contributed by atoms with E-state index >= 15 is 0 Å². The summed E-state index contributed by atoms with van der Waals surface area (Å²) in [6, 6.07) is 3.10. The number of aromatic hydroxyl groups is 1. The van der Waals surface area contributed by atoms with Gasteiger partial charge in [-0.1, -0.05) is 13.3 Å². The molecular weight excluding hydrogens is 276 g/mol. The van der Waals surface area contributed by atoms with Crippen LogP contribution in [0.25, 0.3) is 0 Å². The lowest BCUT2D eigenvalue weighted by Gasteiger charge is -2.09. The van der Waals surface area contributed by atoms with E-state index in [0.717, 1.165) is 19.4 Å². The second kappa shape index (κ2) is 8.59. The molecule has 0 bridgehead atoms. The molecule has 2 rings (SSSR count). The standard InChI is InChI=1S/C15H22O6/c1-2-3-4-17-5-6-18-7-8-19-13-10-15-14(9-12(13)16)20-11-21-15/h9-10,16H,2-8,11H2,1H3. The van der Waals surface area contributed by atoms with Gasteiger partial charge in [0, 0.05) is 18.7 Å². The van der Waals surface area contributed by atoms with E-state index in [1.807, 2.05) is 0 Å². The zero-order chi connectivity index (χ0) is 14.9. The Morgan fingerprint density at radius 1 is 1.00 bits per heavy atom. The van der Waals surface area contributed by atoms with E-state index in [-0.39, 0.29) is 12.5 Å². The fourth-order valence-corrected chi connectivity index (χ4v) is 1.81. The van der Waals surface area contributed by atoms with E-state index in [4.69, 9.17) is 23.7 Å². The van der Waals surface area contributed by atoms with Crippen LogP contribution in [-0.4, -0.2) is 44.9 Å². The lowest BCUT2D eigenvalue weighted by molar-refractivity contribution is 0.0353. The van der Waals surface area contributed by atoms with Crippen LogP contribution in [0.15, 0.2) is 12.1 Å². The van der Waals surface area contributed by atoms with Crippen LogP contribution in [0.5, 0.6) is 23.0 Å². The van der Waals surface area contributed by atoms with E-state index < -0.39 is 0 Å². The first kappa shape index (κ1) is 15.7. The molecule has 0 aliphatic carbocycles. The van der Waals surface area contributed by atoms with Gasteiger partial charge in [-0.25, -0.2) is 0 Å². The zero-order valence-electron chi connectivity index (χ0n) is 12.3. The molecule has 0 atom stereocenters. The predicted molar refractivity (Wildman–Crippen MR) is 76.3 cm³/mol. The van der Waals surface area contributed by atoms with E-state index in [2.05, 4.69) is 6.92 Å². The van der Waals surface area contributed by atoms with Gasteiger partial charge in [0.05, 0.1) is 19.8 Å². The second-order valence-electron chi connectivity index (χ2n) is 4.60. The van der Waals surface area contributed by atoms with Crippen LogP contribution in [0.1, 0.15) is 19.8 Å². The Bertz CT molecular complexity index is 434. The first-order chi connectivity index (χ1) is 10.3. The third kappa shape index (κ3) is 4.99. The smallest absolute Gasteiger partial charge is 0.231 e. The summed E-state index contributed by atoms with van der Waals surface area (Å²) < 4.78 is 26.6. The maximum atomic E-state index is 9.78. The van der Waals surface area contributed by atoms with Crippen molar-refractivity contribution < 1.29 is 28.8 Å². The molecule has 0 fully saturated rings. The number of phenolic OH excluding ortho intramolecular Hbond substituents is 1. The highest BCUT2D eigenvalue weighted by Gasteiger charge is 2.17. The van der Waals surface area contributed by atoms with Crippen molar-refractivity contribution in [1.82, 2.24) is 0 Å². The third-order valence-corrected chi connectivity index (χ3v) is 2.95. The van der Waals surface area contributed by atoms with Crippen LogP contribution >= 0.6 is 0 Å². The summed E-state index contributed by atoms with van der Waals surface area (Å²) in [6.07, 6.45) is 2.21. The number of hydrogen-bond acceptors (Lipinski definition) is 6. The quantitative estimate of drug-likeness (QED) is 0.669. The first-order valence-corrected chi connectivity index (χ1v) is 7.22. The molecule has 6 heteroatoms. The van der Waals surface area contributed by atoms with Crippen molar-refractivity contribution in [1.29, 1.82) is 0 Å². The molecule has 0 saturated heterocycles. The summed E-state index contributed by atoms with van der Waals surface area (Å²) in [5.41, 5.74) is 0. The Morgan fingerprint density at radius 3 is 2.43 bits per heavy atom. The molecule has 6 nitrogen and oxygen atoms in total. The molecule has 1 aromatic rings. The maximum absolute atomic E-state index is 9.78. The van der Waals surface area contributed by atoms with Gasteiger partial charge in [-0.05, 0) is 6.42 Å². The van der Waals surface area contributed by atoms with Crippen LogP contribution in [0.2, 0.25) is 0 Å². The number of hydrogen-bond donors (Lipinski definition) is 1. The fraction of sp³-hybridized carbons (Fsp3) is 0.600. The number of ether oxygens (including phenoxy) is 5. The topological polar surface area (TPSA) is 66.4 Å². The lowest BCUT2D eigenvalue weighted by atomic mass is 10.3. The highest BCUT2D eigenvalue weighted by atomic mass is 16.7. The first-order valence-electron chi connectivity index (χ1n) is 7.22. The van der Waals surface area contributed by atoms with Gasteiger partial charge in [-0.15, -0.1) is 0 Å². The Morgan fingerprint density at radius 2 is 1.67 bits per heavy atom. The van der Waals surface area contributed by atoms with Crippen molar-refractivity contribution in [3.8, 4) is 23.0 Å². The summed E-state index contributed by atoms with van der Waals surface area (Å²) in [6.45, 7) is 4.99. The number of benzene rings is 1. The summed E-state index contributed by atoms with van der Waals surface area (Å²) >= 11 is 0. The van der Waals surface area contributed by atoms with Crippen molar-refractivity contribution in [2.24, 2.45) is 0 Å². The Kier molecular flexibility index (Phi) is 6.43. The molecule has 118 valence electrons. The van der Waals surface area contributed by atoms with Gasteiger partial charge in [0.25, 0.3) is 0 Å². The van der Waals surface area contributed by atoms with Gasteiger partial charge >= 0.3 is 0 Å². The van der Waals surface area contributed by atoms with Crippen LogP contribution in [-0.2, 0) is 9.47 Å². The molecule has 0 spiro atoms. The molecule has 1 aromatic carbocycles. The summed E-state index contributed by atoms with van der Waals surface area (Å²) in [4.78, 5) is 0. The number of rotatable bonds is 10. The van der Waals surface area contributed by atoms with E-state index in [9.17, 15) is 5.11 Å². The Hall–Kier alpha value is -1.66. The van der Waals surface area contributed by atoms with Crippen molar-refractivity contribution in [3.63, 3.8) is 0 Å². The summed E-state index contributed by atoms with van der Waals surface area (Å²) in [5, 5.41) is 9.78. The minimum absolute atomic E-state index is 0.0298. The predicted octanol–water partition coefficient (Wildman–Crippen LogP) is 2.33. The molecule has 1 aliphatic heterocycles. The van der Waals surface area contributed by atoms with Crippen molar-refractivity contribution >= 4 is 0 Å². The molecule has 1 heterocycles. The Balaban J connectivity index is 1.59. The van der Waals surface area contributed by atoms with Crippen LogP contribution < -0.4 is 14.2 Å². The lowest BCUT2D eigenvalue weighted by Crippen LogP contribution is -2.11. The van der Waals surface area contributed by atoms with Gasteiger partial charge in [0.2, 0.25) is 6.79 Å². The largest absolute Gasteiger partial charge is 0.504 e. The second-order valence-corrected chi connectivity index (χ2v) is 4.60. The molecular formula is C15H22O6. The van der Waals surface area contributed by atoms with Gasteiger partial charge in [0.1, 0.15) is 6.61 Å². The number of unbranched alkanes of at least 4 members (excludes halogenated alkanes) is 1. The highest BCUT2D eigenvalue weighted by Crippen LogP contribution is 2.41. The maximum Gasteiger partial charge on any atom is 0.231 e. The molecule has 0 aromatic heterocycles. The number of phenols is 1. The van der Waals surface area contributed by atoms with Gasteiger partial charge < -0.3 is 28.8 Å². The molecule has 0 amide bonds. The minimum atomic E-state index is 0.0298. The third-order valence-electron chi connectivity index (χ3n) is 2.95. The molecule has 0 saturated carbocycles. The molecule has 0 unspecified atom stereocenters. The SMILES string of the molecule is CCCCOCCOCCOc1cc2c(cc1O)OCO2. The Labute approximate surface area is 124 Å². The molecule has 0 radical (unpaired) electrons. The van der Waals surface area contributed by atoms with Gasteiger partial charge in [-0.3, -0.25) is 0 Å². The molecule has 21 heavy (non-hydrogen) atoms.